The molecular weight excluding hydrogens is 486 g/mol. The average Bonchev–Trinajstić information content (AvgIpc) is 2.89. The average molecular weight is 505 g/mol. The Hall–Kier alpha value is -4.49. The van der Waals surface area contributed by atoms with Gasteiger partial charge in [-0.1, -0.05) is 36.0 Å². The van der Waals surface area contributed by atoms with Crippen molar-refractivity contribution in [3.63, 3.8) is 0 Å². The Kier molecular flexibility index (Phi) is 7.42. The smallest absolute Gasteiger partial charge is 0.276 e. The lowest BCUT2D eigenvalue weighted by Crippen LogP contribution is -2.12. The Morgan fingerprint density at radius 3 is 2.67 bits per heavy atom. The summed E-state index contributed by atoms with van der Waals surface area (Å²) in [6.07, 6.45) is 0. The fourth-order valence-electron chi connectivity index (χ4n) is 3.32. The Morgan fingerprint density at radius 2 is 1.92 bits per heavy atom. The minimum absolute atomic E-state index is 0.0135. The number of carbonyl (C=O) groups excluding carboxylic acids is 1. The number of halogens is 2. The number of nitrogens with one attached hydrogen (secondary N) is 2. The molecule has 0 spiro atoms. The molecule has 0 aliphatic rings. The predicted octanol–water partition coefficient (Wildman–Crippen LogP) is 5.82. The van der Waals surface area contributed by atoms with Crippen molar-refractivity contribution in [3.8, 4) is 17.0 Å². The molecular formula is C26H18F2N4O3S. The number of aromatic amines is 1. The van der Waals surface area contributed by atoms with Gasteiger partial charge in [0.15, 0.2) is 16.8 Å². The lowest BCUT2D eigenvalue weighted by molar-refractivity contribution is 0.102. The zero-order valence-electron chi connectivity index (χ0n) is 18.8. The van der Waals surface area contributed by atoms with Gasteiger partial charge >= 0.3 is 0 Å². The summed E-state index contributed by atoms with van der Waals surface area (Å²) in [6, 6.07) is 16.8. The standard InChI is InChI=1S/C26H18F2N4O3S/c1-29-23-22(16-6-4-8-19(12-16)35-2)31-26(32-25(23)34)36-14-15-5-3-7-18(11-15)30-24(33)17-9-10-20(27)21(28)13-17/h3-13H,14H2,2H3,(H,30,33)(H,31,32,34). The molecule has 4 rings (SSSR count). The molecule has 4 aromatic rings. The number of H-pyrrole nitrogens is 1. The van der Waals surface area contributed by atoms with Crippen LogP contribution in [0.2, 0.25) is 0 Å². The van der Waals surface area contributed by atoms with Crippen LogP contribution in [0.5, 0.6) is 5.75 Å². The third kappa shape index (κ3) is 5.59. The molecule has 0 aliphatic heterocycles. The number of benzene rings is 3. The van der Waals surface area contributed by atoms with Crippen LogP contribution in [0.1, 0.15) is 15.9 Å². The van der Waals surface area contributed by atoms with Crippen molar-refractivity contribution in [2.75, 3.05) is 12.4 Å². The maximum Gasteiger partial charge on any atom is 0.276 e. The molecule has 1 aromatic heterocycles. The molecule has 1 heterocycles. The maximum absolute atomic E-state index is 13.4. The minimum atomic E-state index is -1.10. The highest BCUT2D eigenvalue weighted by atomic mass is 32.2. The fraction of sp³-hybridized carbons (Fsp3) is 0.0769. The van der Waals surface area contributed by atoms with E-state index in [2.05, 4.69) is 20.1 Å². The molecule has 3 aromatic carbocycles. The van der Waals surface area contributed by atoms with Gasteiger partial charge in [0.25, 0.3) is 17.2 Å². The van der Waals surface area contributed by atoms with Gasteiger partial charge in [-0.25, -0.2) is 18.6 Å². The first-order chi connectivity index (χ1) is 17.4. The number of carbonyl (C=O) groups is 1. The molecule has 0 fully saturated rings. The molecule has 2 N–H and O–H groups in total. The highest BCUT2D eigenvalue weighted by molar-refractivity contribution is 7.98. The predicted molar refractivity (Wildman–Crippen MR) is 133 cm³/mol. The lowest BCUT2D eigenvalue weighted by Gasteiger charge is -2.09. The molecule has 180 valence electrons. The zero-order chi connectivity index (χ0) is 25.7. The van der Waals surface area contributed by atoms with Crippen molar-refractivity contribution in [1.82, 2.24) is 9.97 Å². The number of rotatable bonds is 7. The molecule has 0 unspecified atom stereocenters. The van der Waals surface area contributed by atoms with Crippen molar-refractivity contribution in [3.05, 3.63) is 111 Å². The number of anilines is 1. The molecule has 36 heavy (non-hydrogen) atoms. The Labute approximate surface area is 209 Å². The van der Waals surface area contributed by atoms with E-state index >= 15 is 0 Å². The second-order valence-electron chi connectivity index (χ2n) is 7.48. The van der Waals surface area contributed by atoms with E-state index in [0.29, 0.717) is 27.9 Å². The second-order valence-corrected chi connectivity index (χ2v) is 8.45. The minimum Gasteiger partial charge on any atom is -0.497 e. The molecule has 10 heteroatoms. The molecule has 7 nitrogen and oxygen atoms in total. The third-order valence-corrected chi connectivity index (χ3v) is 6.01. The van der Waals surface area contributed by atoms with Crippen LogP contribution in [-0.4, -0.2) is 23.0 Å². The molecule has 0 saturated heterocycles. The normalized spacial score (nSPS) is 10.5. The Balaban J connectivity index is 1.52. The number of aromatic nitrogens is 2. The Bertz CT molecular complexity index is 1550. The van der Waals surface area contributed by atoms with E-state index < -0.39 is 23.1 Å². The summed E-state index contributed by atoms with van der Waals surface area (Å²) in [6.45, 7) is 7.40. The van der Waals surface area contributed by atoms with Crippen molar-refractivity contribution < 1.29 is 18.3 Å². The summed E-state index contributed by atoms with van der Waals surface area (Å²) in [5.41, 5.74) is 1.42. The van der Waals surface area contributed by atoms with Crippen molar-refractivity contribution >= 4 is 29.0 Å². The molecule has 0 atom stereocenters. The van der Waals surface area contributed by atoms with Crippen LogP contribution in [-0.2, 0) is 5.75 Å². The van der Waals surface area contributed by atoms with E-state index in [1.54, 1.807) is 42.5 Å². The fourth-order valence-corrected chi connectivity index (χ4v) is 4.12. The number of thioether (sulfide) groups is 1. The summed E-state index contributed by atoms with van der Waals surface area (Å²) in [5.74, 6) is -1.75. The van der Waals surface area contributed by atoms with Crippen LogP contribution in [0.15, 0.2) is 76.7 Å². The lowest BCUT2D eigenvalue weighted by atomic mass is 10.1. The van der Waals surface area contributed by atoms with Gasteiger partial charge in [0.2, 0.25) is 0 Å². The van der Waals surface area contributed by atoms with E-state index in [-0.39, 0.29) is 16.9 Å². The summed E-state index contributed by atoms with van der Waals surface area (Å²) in [4.78, 5) is 35.4. The van der Waals surface area contributed by atoms with Gasteiger partial charge in [-0.15, -0.1) is 0 Å². The topological polar surface area (TPSA) is 88.4 Å². The first-order valence-corrected chi connectivity index (χ1v) is 11.5. The summed E-state index contributed by atoms with van der Waals surface area (Å²) >= 11 is 1.25. The maximum atomic E-state index is 13.4. The van der Waals surface area contributed by atoms with E-state index in [9.17, 15) is 18.4 Å². The van der Waals surface area contributed by atoms with Crippen LogP contribution in [0.4, 0.5) is 20.2 Å². The molecule has 1 amide bonds. The van der Waals surface area contributed by atoms with Crippen LogP contribution in [0.25, 0.3) is 16.1 Å². The Morgan fingerprint density at radius 1 is 1.11 bits per heavy atom. The van der Waals surface area contributed by atoms with Crippen molar-refractivity contribution in [2.24, 2.45) is 0 Å². The van der Waals surface area contributed by atoms with Crippen LogP contribution < -0.4 is 15.6 Å². The number of amides is 1. The second kappa shape index (κ2) is 10.8. The number of hydrogen-bond donors (Lipinski definition) is 2. The molecule has 0 saturated carbocycles. The first-order valence-electron chi connectivity index (χ1n) is 10.5. The van der Waals surface area contributed by atoms with Crippen LogP contribution in [0.3, 0.4) is 0 Å². The highest BCUT2D eigenvalue weighted by Gasteiger charge is 2.15. The van der Waals surface area contributed by atoms with E-state index in [4.69, 9.17) is 11.3 Å². The molecule has 0 radical (unpaired) electrons. The molecule has 0 aliphatic carbocycles. The number of hydrogen-bond acceptors (Lipinski definition) is 5. The van der Waals surface area contributed by atoms with E-state index in [1.165, 1.54) is 24.9 Å². The van der Waals surface area contributed by atoms with Crippen molar-refractivity contribution in [2.45, 2.75) is 10.9 Å². The monoisotopic (exact) mass is 504 g/mol. The van der Waals surface area contributed by atoms with Crippen LogP contribution in [0, 0.1) is 18.2 Å². The van der Waals surface area contributed by atoms with Gasteiger partial charge in [0.05, 0.1) is 19.4 Å². The summed E-state index contributed by atoms with van der Waals surface area (Å²) in [5, 5.41) is 2.97. The van der Waals surface area contributed by atoms with Crippen LogP contribution >= 0.6 is 11.8 Å². The van der Waals surface area contributed by atoms with E-state index in [1.807, 2.05) is 6.07 Å². The van der Waals surface area contributed by atoms with Gasteiger partial charge in [-0.3, -0.25) is 9.59 Å². The largest absolute Gasteiger partial charge is 0.497 e. The number of nitrogens with zero attached hydrogens (tertiary/aromatic N) is 2. The SMILES string of the molecule is [C-]#[N+]c1c(-c2cccc(OC)c2)nc(SCc2cccc(NC(=O)c3ccc(F)c(F)c3)c2)[nH]c1=O. The quantitative estimate of drug-likeness (QED) is 0.188. The van der Waals surface area contributed by atoms with Gasteiger partial charge in [-0.2, -0.15) is 0 Å². The highest BCUT2D eigenvalue weighted by Crippen LogP contribution is 2.30. The number of methoxy groups -OCH3 is 1. The first kappa shape index (κ1) is 24.6. The van der Waals surface area contributed by atoms with Gasteiger partial charge in [-0.05, 0) is 53.6 Å². The van der Waals surface area contributed by atoms with Gasteiger partial charge in [0.1, 0.15) is 5.75 Å². The summed E-state index contributed by atoms with van der Waals surface area (Å²) in [7, 11) is 1.52. The van der Waals surface area contributed by atoms with Crippen molar-refractivity contribution in [1.29, 1.82) is 0 Å². The molecule has 0 bridgehead atoms. The zero-order valence-corrected chi connectivity index (χ0v) is 19.7. The number of ether oxygens (including phenoxy) is 1. The third-order valence-electron chi connectivity index (χ3n) is 5.07. The van der Waals surface area contributed by atoms with E-state index in [0.717, 1.165) is 17.7 Å². The summed E-state index contributed by atoms with van der Waals surface area (Å²) < 4.78 is 31.8. The van der Waals surface area contributed by atoms with Gasteiger partial charge < -0.3 is 15.0 Å². The van der Waals surface area contributed by atoms with Gasteiger partial charge in [0, 0.05) is 17.0 Å².